The molecule has 6 aromatic rings. The highest BCUT2D eigenvalue weighted by Gasteiger charge is 2.49. The van der Waals surface area contributed by atoms with Gasteiger partial charge in [-0.3, -0.25) is 9.36 Å². The Hall–Kier alpha value is -3.84. The Labute approximate surface area is 242 Å². The first-order valence-electron chi connectivity index (χ1n) is 13.1. The van der Waals surface area contributed by atoms with Crippen LogP contribution < -0.4 is 11.2 Å². The van der Waals surface area contributed by atoms with Crippen molar-refractivity contribution >= 4 is 48.7 Å². The van der Waals surface area contributed by atoms with Crippen LogP contribution >= 0.6 is 20.8 Å². The Kier molecular flexibility index (Phi) is 6.07. The van der Waals surface area contributed by atoms with Crippen molar-refractivity contribution in [1.29, 1.82) is 0 Å². The van der Waals surface area contributed by atoms with Gasteiger partial charge in [-0.05, 0) is 36.2 Å². The van der Waals surface area contributed by atoms with Gasteiger partial charge in [0.25, 0.3) is 5.56 Å². The van der Waals surface area contributed by atoms with Crippen molar-refractivity contribution < 1.29 is 23.3 Å². The molecule has 5 atom stereocenters. The topological polar surface area (TPSA) is 146 Å². The molecule has 8 rings (SSSR count). The molecule has 0 aliphatic carbocycles. The average molecular weight is 604 g/mol. The maximum atomic E-state index is 13.8. The fourth-order valence-electron chi connectivity index (χ4n) is 5.47. The van der Waals surface area contributed by atoms with Crippen molar-refractivity contribution in [3.63, 3.8) is 0 Å². The zero-order valence-electron chi connectivity index (χ0n) is 21.9. The van der Waals surface area contributed by atoms with Gasteiger partial charge in [0, 0.05) is 22.5 Å². The van der Waals surface area contributed by atoms with Gasteiger partial charge in [-0.25, -0.2) is 14.2 Å². The van der Waals surface area contributed by atoms with Crippen LogP contribution in [0.25, 0.3) is 39.2 Å². The fraction of sp³-hybridized carbons (Fsp3) is 0.214. The molecule has 12 nitrogen and oxygen atoms in total. The van der Waals surface area contributed by atoms with Crippen molar-refractivity contribution in [3.05, 3.63) is 87.1 Å². The second-order valence-electron chi connectivity index (χ2n) is 10.1. The molecule has 42 heavy (non-hydrogen) atoms. The quantitative estimate of drug-likeness (QED) is 0.225. The van der Waals surface area contributed by atoms with Crippen LogP contribution in [0.3, 0.4) is 0 Å². The van der Waals surface area contributed by atoms with E-state index in [2.05, 4.69) is 4.98 Å². The number of fused-ring (bicyclic) bond motifs is 4. The molecule has 2 saturated heterocycles. The van der Waals surface area contributed by atoms with Crippen molar-refractivity contribution in [1.82, 2.24) is 23.9 Å². The summed E-state index contributed by atoms with van der Waals surface area (Å²) in [7, 11) is -0.206. The standard InChI is InChI=1S/C28H22N5O7PS/c1-13-9-20(34)38-18-10-15(7-8-16(13)18)42-28-30-21-24(33(28)26-22(35)23-19(39-26)12-37-41-40-23)31-27-29-17(11-32(27)25(21)36)14-5-3-2-4-6-14/h2-11,19,22-23,26,35,41H,12H2,1H3,(H,29,31). The molecular weight excluding hydrogens is 581 g/mol. The molecule has 2 aliphatic heterocycles. The number of aromatic amines is 1. The Morgan fingerprint density at radius 1 is 1.12 bits per heavy atom. The summed E-state index contributed by atoms with van der Waals surface area (Å²) < 4.78 is 25.8. The molecule has 0 spiro atoms. The minimum atomic E-state index is -1.07. The van der Waals surface area contributed by atoms with E-state index in [4.69, 9.17) is 28.2 Å². The maximum absolute atomic E-state index is 13.8. The third-order valence-corrected chi connectivity index (χ3v) is 9.10. The summed E-state index contributed by atoms with van der Waals surface area (Å²) in [6, 6.07) is 16.6. The van der Waals surface area contributed by atoms with Gasteiger partial charge in [0.1, 0.15) is 23.9 Å². The molecule has 0 radical (unpaired) electrons. The van der Waals surface area contributed by atoms with Crippen LogP contribution in [0.1, 0.15) is 11.8 Å². The number of aliphatic hydroxyl groups excluding tert-OH is 1. The lowest BCUT2D eigenvalue weighted by atomic mass is 10.1. The predicted molar refractivity (Wildman–Crippen MR) is 155 cm³/mol. The normalized spacial score (nSPS) is 22.9. The van der Waals surface area contributed by atoms with Crippen molar-refractivity contribution in [2.75, 3.05) is 6.61 Å². The van der Waals surface area contributed by atoms with Crippen LogP contribution in [0.5, 0.6) is 0 Å². The number of hydrogen-bond donors (Lipinski definition) is 2. The van der Waals surface area contributed by atoms with E-state index in [1.54, 1.807) is 16.8 Å². The van der Waals surface area contributed by atoms with E-state index in [1.165, 1.54) is 22.2 Å². The maximum Gasteiger partial charge on any atom is 0.336 e. The van der Waals surface area contributed by atoms with E-state index in [1.807, 2.05) is 49.4 Å². The number of nitrogens with one attached hydrogen (secondary N) is 1. The molecular formula is C28H22N5O7PS. The minimum Gasteiger partial charge on any atom is -0.423 e. The van der Waals surface area contributed by atoms with Crippen LogP contribution in [0.15, 0.2) is 84.9 Å². The number of ether oxygens (including phenoxy) is 1. The third-order valence-electron chi connectivity index (χ3n) is 7.49. The zero-order chi connectivity index (χ0) is 28.5. The lowest BCUT2D eigenvalue weighted by Crippen LogP contribution is -2.37. The van der Waals surface area contributed by atoms with E-state index in [-0.39, 0.29) is 32.4 Å². The second kappa shape index (κ2) is 9.87. The Bertz CT molecular complexity index is 2120. The SMILES string of the molecule is Cc1cc(=O)oc2cc(Sc3nc4c(=O)n5cc(-c6ccccc6)[nH]c5nc4n3C3OC4COPOC4C3O)ccc12. The van der Waals surface area contributed by atoms with Gasteiger partial charge in [-0.2, -0.15) is 4.98 Å². The van der Waals surface area contributed by atoms with Gasteiger partial charge in [-0.15, -0.1) is 0 Å². The summed E-state index contributed by atoms with van der Waals surface area (Å²) in [6.07, 6.45) is -1.42. The second-order valence-corrected chi connectivity index (χ2v) is 11.9. The summed E-state index contributed by atoms with van der Waals surface area (Å²) in [6.45, 7) is 2.12. The summed E-state index contributed by atoms with van der Waals surface area (Å²) in [5, 5.41) is 12.5. The van der Waals surface area contributed by atoms with E-state index < -0.39 is 30.2 Å². The summed E-state index contributed by atoms with van der Waals surface area (Å²) >= 11 is 1.24. The molecule has 0 saturated carbocycles. The molecule has 6 heterocycles. The molecule has 2 fully saturated rings. The number of aromatic nitrogens is 5. The Morgan fingerprint density at radius 2 is 1.98 bits per heavy atom. The van der Waals surface area contributed by atoms with Gasteiger partial charge < -0.3 is 28.3 Å². The number of rotatable bonds is 4. The smallest absolute Gasteiger partial charge is 0.336 e. The molecule has 14 heteroatoms. The van der Waals surface area contributed by atoms with Gasteiger partial charge >= 0.3 is 5.63 Å². The highest BCUT2D eigenvalue weighted by molar-refractivity contribution is 7.99. The molecule has 2 aromatic carbocycles. The van der Waals surface area contributed by atoms with Gasteiger partial charge in [0.2, 0.25) is 5.78 Å². The van der Waals surface area contributed by atoms with Crippen molar-refractivity contribution in [2.45, 2.75) is 41.5 Å². The van der Waals surface area contributed by atoms with Crippen LogP contribution in [-0.2, 0) is 13.8 Å². The van der Waals surface area contributed by atoms with Crippen LogP contribution in [-0.4, -0.2) is 53.9 Å². The largest absolute Gasteiger partial charge is 0.423 e. The molecule has 212 valence electrons. The fourth-order valence-corrected chi connectivity index (χ4v) is 7.11. The Morgan fingerprint density at radius 3 is 2.81 bits per heavy atom. The number of aliphatic hydroxyl groups is 1. The van der Waals surface area contributed by atoms with Gasteiger partial charge in [0.05, 0.1) is 12.3 Å². The van der Waals surface area contributed by atoms with Crippen LogP contribution in [0.4, 0.5) is 0 Å². The lowest BCUT2D eigenvalue weighted by molar-refractivity contribution is -0.0553. The zero-order valence-corrected chi connectivity index (χ0v) is 23.7. The van der Waals surface area contributed by atoms with Crippen LogP contribution in [0.2, 0.25) is 0 Å². The molecule has 5 unspecified atom stereocenters. The molecule has 0 amide bonds. The number of aryl methyl sites for hydroxylation is 1. The van der Waals surface area contributed by atoms with Crippen molar-refractivity contribution in [2.24, 2.45) is 0 Å². The number of imidazole rings is 2. The van der Waals surface area contributed by atoms with Crippen LogP contribution in [0, 0.1) is 6.92 Å². The number of benzene rings is 2. The summed E-state index contributed by atoms with van der Waals surface area (Å²) in [4.78, 5) is 39.2. The van der Waals surface area contributed by atoms with Crippen molar-refractivity contribution in [3.8, 4) is 11.3 Å². The summed E-state index contributed by atoms with van der Waals surface area (Å²) in [5.41, 5.74) is 2.40. The van der Waals surface area contributed by atoms with E-state index >= 15 is 0 Å². The van der Waals surface area contributed by atoms with Gasteiger partial charge in [0.15, 0.2) is 31.6 Å². The first-order chi connectivity index (χ1) is 20.4. The lowest BCUT2D eigenvalue weighted by Gasteiger charge is -2.24. The van der Waals surface area contributed by atoms with E-state index in [9.17, 15) is 14.7 Å². The number of hydrogen-bond acceptors (Lipinski definition) is 10. The molecule has 0 bridgehead atoms. The monoisotopic (exact) mass is 603 g/mol. The number of H-pyrrole nitrogens is 1. The molecule has 2 aliphatic rings. The number of nitrogens with zero attached hydrogens (tertiary/aromatic N) is 4. The minimum absolute atomic E-state index is 0.112. The van der Waals surface area contributed by atoms with E-state index in [0.29, 0.717) is 21.4 Å². The Balaban J connectivity index is 1.30. The first kappa shape index (κ1) is 25.8. The predicted octanol–water partition coefficient (Wildman–Crippen LogP) is 3.79. The third kappa shape index (κ3) is 4.12. The molecule has 4 aromatic heterocycles. The van der Waals surface area contributed by atoms with Gasteiger partial charge in [-0.1, -0.05) is 42.1 Å². The summed E-state index contributed by atoms with van der Waals surface area (Å²) in [5.74, 6) is 0.318. The average Bonchev–Trinajstić information content (AvgIpc) is 3.67. The highest BCUT2D eigenvalue weighted by atomic mass is 32.2. The van der Waals surface area contributed by atoms with E-state index in [0.717, 1.165) is 22.2 Å². The first-order valence-corrected chi connectivity index (χ1v) is 14.7. The molecule has 2 N–H and O–H groups in total. The highest BCUT2D eigenvalue weighted by Crippen LogP contribution is 2.42.